The number of hydrogen-bond donors (Lipinski definition) is 4. The molecule has 0 bridgehead atoms. The van der Waals surface area contributed by atoms with Crippen LogP contribution in [0.5, 0.6) is 11.9 Å². The summed E-state index contributed by atoms with van der Waals surface area (Å²) in [6.45, 7) is 3.93. The number of methoxy groups -OCH3 is 2. The summed E-state index contributed by atoms with van der Waals surface area (Å²) in [6.07, 6.45) is 0.645. The first-order valence-electron chi connectivity index (χ1n) is 11.5. The van der Waals surface area contributed by atoms with Crippen LogP contribution >= 0.6 is 11.3 Å². The molecule has 200 valence electrons. The number of para-hydroxylation sites is 1. The van der Waals surface area contributed by atoms with E-state index in [0.29, 0.717) is 36.3 Å². The van der Waals surface area contributed by atoms with E-state index in [1.54, 1.807) is 24.3 Å². The molecule has 0 saturated carbocycles. The Morgan fingerprint density at radius 1 is 1.08 bits per heavy atom. The molecule has 1 aliphatic rings. The number of fused-ring (bicyclic) bond motifs is 1. The zero-order chi connectivity index (χ0) is 27.4. The number of anilines is 3. The number of carboxylic acids is 1. The van der Waals surface area contributed by atoms with E-state index in [1.807, 2.05) is 4.90 Å². The van der Waals surface area contributed by atoms with Crippen LogP contribution in [0.25, 0.3) is 0 Å². The lowest BCUT2D eigenvalue weighted by Crippen LogP contribution is -2.49. The van der Waals surface area contributed by atoms with Gasteiger partial charge in [-0.25, -0.2) is 14.6 Å². The Bertz CT molecular complexity index is 1350. The molecule has 3 amide bonds. The van der Waals surface area contributed by atoms with Crippen molar-refractivity contribution in [2.45, 2.75) is 32.4 Å². The summed E-state index contributed by atoms with van der Waals surface area (Å²) in [6, 6.07) is 7.67. The van der Waals surface area contributed by atoms with E-state index in [-0.39, 0.29) is 17.3 Å². The first-order chi connectivity index (χ1) is 18.1. The molecule has 0 saturated heterocycles. The lowest BCUT2D eigenvalue weighted by atomic mass is 10.0. The predicted molar refractivity (Wildman–Crippen MR) is 140 cm³/mol. The number of hydrogen-bond acceptors (Lipinski definition) is 10. The summed E-state index contributed by atoms with van der Waals surface area (Å²) in [5.74, 6) is -0.767. The Hall–Kier alpha value is -4.46. The maximum Gasteiger partial charge on any atom is 0.328 e. The van der Waals surface area contributed by atoms with Crippen molar-refractivity contribution in [2.24, 2.45) is 0 Å². The van der Waals surface area contributed by atoms with E-state index in [9.17, 15) is 19.5 Å². The summed E-state index contributed by atoms with van der Waals surface area (Å²) >= 11 is 1.34. The Labute approximate surface area is 222 Å². The molecular weight excluding hydrogens is 514 g/mol. The maximum absolute atomic E-state index is 12.8. The van der Waals surface area contributed by atoms with Gasteiger partial charge in [0, 0.05) is 23.9 Å². The van der Waals surface area contributed by atoms with Gasteiger partial charge in [-0.1, -0.05) is 23.5 Å². The molecular formula is C24H27N7O6S. The van der Waals surface area contributed by atoms with Crippen LogP contribution in [0.15, 0.2) is 30.3 Å². The maximum atomic E-state index is 12.8. The van der Waals surface area contributed by atoms with Crippen molar-refractivity contribution < 1.29 is 29.0 Å². The fraction of sp³-hybridized carbons (Fsp3) is 0.333. The Kier molecular flexibility index (Phi) is 7.62. The second-order valence-electron chi connectivity index (χ2n) is 8.82. The largest absolute Gasteiger partial charge is 0.481 e. The van der Waals surface area contributed by atoms with Gasteiger partial charge in [-0.05, 0) is 26.0 Å². The zero-order valence-electron chi connectivity index (χ0n) is 21.2. The van der Waals surface area contributed by atoms with Gasteiger partial charge < -0.3 is 30.1 Å². The quantitative estimate of drug-likeness (QED) is 0.333. The number of thiazole rings is 1. The summed E-state index contributed by atoms with van der Waals surface area (Å²) in [5.41, 5.74) is -0.252. The van der Waals surface area contributed by atoms with E-state index in [0.717, 1.165) is 10.6 Å². The van der Waals surface area contributed by atoms with E-state index < -0.39 is 23.4 Å². The Balaban J connectivity index is 1.44. The number of amides is 3. The van der Waals surface area contributed by atoms with Crippen molar-refractivity contribution in [1.82, 2.24) is 20.3 Å². The first-order valence-corrected chi connectivity index (χ1v) is 12.3. The van der Waals surface area contributed by atoms with E-state index in [1.165, 1.54) is 45.5 Å². The van der Waals surface area contributed by atoms with Gasteiger partial charge in [0.15, 0.2) is 5.13 Å². The van der Waals surface area contributed by atoms with E-state index >= 15 is 0 Å². The van der Waals surface area contributed by atoms with Crippen molar-refractivity contribution in [3.8, 4) is 11.9 Å². The smallest absolute Gasteiger partial charge is 0.328 e. The highest BCUT2D eigenvalue weighted by Crippen LogP contribution is 2.32. The van der Waals surface area contributed by atoms with Crippen LogP contribution in [0.4, 0.5) is 21.4 Å². The van der Waals surface area contributed by atoms with Crippen LogP contribution in [0.2, 0.25) is 0 Å². The first kappa shape index (κ1) is 26.6. The highest BCUT2D eigenvalue weighted by atomic mass is 32.1. The predicted octanol–water partition coefficient (Wildman–Crippen LogP) is 2.75. The monoisotopic (exact) mass is 541 g/mol. The van der Waals surface area contributed by atoms with Crippen LogP contribution in [-0.4, -0.2) is 64.3 Å². The van der Waals surface area contributed by atoms with Crippen LogP contribution < -0.4 is 30.3 Å². The number of carbonyl (C=O) groups is 3. The molecule has 0 atom stereocenters. The fourth-order valence-electron chi connectivity index (χ4n) is 3.64. The number of carbonyl (C=O) groups excluding carboxylic acids is 2. The molecule has 3 aromatic rings. The summed E-state index contributed by atoms with van der Waals surface area (Å²) in [4.78, 5) is 52.9. The number of nitrogens with one attached hydrogen (secondary N) is 3. The summed E-state index contributed by atoms with van der Waals surface area (Å²) < 4.78 is 10.4. The van der Waals surface area contributed by atoms with Crippen LogP contribution in [0.3, 0.4) is 0 Å². The molecule has 0 unspecified atom stereocenters. The minimum absolute atomic E-state index is 0.127. The lowest BCUT2D eigenvalue weighted by molar-refractivity contribution is -0.143. The highest BCUT2D eigenvalue weighted by molar-refractivity contribution is 7.15. The number of carboxylic acid groups (broad SMARTS) is 1. The minimum atomic E-state index is -1.48. The second kappa shape index (κ2) is 10.9. The van der Waals surface area contributed by atoms with Crippen LogP contribution in [-0.2, 0) is 17.8 Å². The molecule has 1 aliphatic heterocycles. The molecule has 13 nitrogen and oxygen atoms in total. The van der Waals surface area contributed by atoms with Gasteiger partial charge in [0.25, 0.3) is 5.91 Å². The minimum Gasteiger partial charge on any atom is -0.481 e. The van der Waals surface area contributed by atoms with Crippen molar-refractivity contribution >= 4 is 45.9 Å². The number of ether oxygens (including phenoxy) is 2. The van der Waals surface area contributed by atoms with Gasteiger partial charge >= 0.3 is 18.0 Å². The number of rotatable bonds is 8. The van der Waals surface area contributed by atoms with Gasteiger partial charge in [-0.15, -0.1) is 0 Å². The van der Waals surface area contributed by atoms with Crippen molar-refractivity contribution in [1.29, 1.82) is 0 Å². The van der Waals surface area contributed by atoms with Crippen LogP contribution in [0, 0.1) is 0 Å². The number of benzene rings is 1. The molecule has 0 aliphatic carbocycles. The number of urea groups is 1. The Morgan fingerprint density at radius 3 is 2.55 bits per heavy atom. The average molecular weight is 542 g/mol. The second-order valence-corrected chi connectivity index (χ2v) is 9.91. The van der Waals surface area contributed by atoms with Crippen molar-refractivity contribution in [3.05, 3.63) is 46.5 Å². The molecule has 4 N–H and O–H groups in total. The molecule has 2 aromatic heterocycles. The summed E-state index contributed by atoms with van der Waals surface area (Å²) in [7, 11) is 3.01. The molecule has 38 heavy (non-hydrogen) atoms. The van der Waals surface area contributed by atoms with E-state index in [2.05, 4.69) is 30.9 Å². The van der Waals surface area contributed by atoms with Crippen molar-refractivity contribution in [3.63, 3.8) is 0 Å². The third kappa shape index (κ3) is 5.91. The molecule has 0 spiro atoms. The summed E-state index contributed by atoms with van der Waals surface area (Å²) in [5, 5.41) is 17.5. The number of aliphatic carboxylic acids is 1. The van der Waals surface area contributed by atoms with Gasteiger partial charge in [0.05, 0.1) is 37.7 Å². The molecule has 0 radical (unpaired) electrons. The standard InChI is InChI=1S/C24H27N7O6S/c1-24(2,20(33)34)30-19(32)13-7-5-6-8-14(13)25-21(35)29-23-26-15-9-10-31(12-16(15)38-23)17-11-18(36-3)28-22(27-17)37-4/h5-8,11H,9-10,12H2,1-4H3,(H,30,32)(H,33,34)(H2,25,26,29,35). The SMILES string of the molecule is COc1cc(N2CCc3nc(NC(=O)Nc4ccccc4C(=O)NC(C)(C)C(=O)O)sc3C2)nc(OC)n1. The fourth-order valence-corrected chi connectivity index (χ4v) is 4.66. The molecule has 4 rings (SSSR count). The number of nitrogens with zero attached hydrogens (tertiary/aromatic N) is 4. The average Bonchev–Trinajstić information content (AvgIpc) is 3.29. The van der Waals surface area contributed by atoms with Gasteiger partial charge in [0.1, 0.15) is 11.4 Å². The van der Waals surface area contributed by atoms with Crippen LogP contribution in [0.1, 0.15) is 34.8 Å². The lowest BCUT2D eigenvalue weighted by Gasteiger charge is -2.27. The Morgan fingerprint density at radius 2 is 1.84 bits per heavy atom. The van der Waals surface area contributed by atoms with Gasteiger partial charge in [-0.2, -0.15) is 9.97 Å². The van der Waals surface area contributed by atoms with Crippen molar-refractivity contribution in [2.75, 3.05) is 36.3 Å². The molecule has 14 heteroatoms. The van der Waals surface area contributed by atoms with E-state index in [4.69, 9.17) is 9.47 Å². The molecule has 3 heterocycles. The molecule has 1 aromatic carbocycles. The zero-order valence-corrected chi connectivity index (χ0v) is 22.0. The third-order valence-corrected chi connectivity index (χ3v) is 6.71. The molecule has 0 fully saturated rings. The number of aromatic nitrogens is 3. The van der Waals surface area contributed by atoms with Gasteiger partial charge in [-0.3, -0.25) is 10.1 Å². The normalized spacial score (nSPS) is 12.8. The third-order valence-electron chi connectivity index (χ3n) is 5.72. The highest BCUT2D eigenvalue weighted by Gasteiger charge is 2.30. The van der Waals surface area contributed by atoms with Gasteiger partial charge in [0.2, 0.25) is 5.88 Å². The topological polar surface area (TPSA) is 168 Å².